The minimum atomic E-state index is -1.36. The van der Waals surface area contributed by atoms with Crippen molar-refractivity contribution < 1.29 is 24.2 Å². The van der Waals surface area contributed by atoms with Gasteiger partial charge in [0.25, 0.3) is 0 Å². The largest absolute Gasteiger partial charge is 0.480 e. The summed E-state index contributed by atoms with van der Waals surface area (Å²) in [5.41, 5.74) is 9.39. The number of hydrogen-bond acceptors (Lipinski definition) is 5. The summed E-state index contributed by atoms with van der Waals surface area (Å²) in [6.07, 6.45) is -0.167. The summed E-state index contributed by atoms with van der Waals surface area (Å²) >= 11 is 0. The third kappa shape index (κ3) is 3.40. The van der Waals surface area contributed by atoms with Crippen molar-refractivity contribution in [2.24, 2.45) is 11.5 Å². The minimum Gasteiger partial charge on any atom is -0.480 e. The molecule has 1 aliphatic heterocycles. The lowest BCUT2D eigenvalue weighted by Crippen LogP contribution is -2.58. The molecular formula is C9H15N3O5. The molecule has 8 heteroatoms. The number of primary amides is 1. The maximum atomic E-state index is 11.7. The average Bonchev–Trinajstić information content (AvgIpc) is 2.64. The number of carbonyl (C=O) groups is 3. The molecule has 1 heterocycles. The molecule has 0 spiro atoms. The van der Waals surface area contributed by atoms with Crippen LogP contribution >= 0.6 is 0 Å². The highest BCUT2D eigenvalue weighted by Crippen LogP contribution is 2.15. The Morgan fingerprint density at radius 2 is 2.12 bits per heavy atom. The summed E-state index contributed by atoms with van der Waals surface area (Å²) in [6.45, 7) is 0.374. The fourth-order valence-corrected chi connectivity index (χ4v) is 1.46. The molecule has 96 valence electrons. The van der Waals surface area contributed by atoms with Gasteiger partial charge in [-0.25, -0.2) is 4.79 Å². The highest BCUT2D eigenvalue weighted by atomic mass is 16.5. The van der Waals surface area contributed by atoms with E-state index in [-0.39, 0.29) is 6.61 Å². The Labute approximate surface area is 97.3 Å². The Hall–Kier alpha value is -1.67. The van der Waals surface area contributed by atoms with E-state index in [0.29, 0.717) is 13.0 Å². The van der Waals surface area contributed by atoms with Crippen molar-refractivity contribution >= 4 is 17.8 Å². The normalized spacial score (nSPS) is 25.2. The van der Waals surface area contributed by atoms with Gasteiger partial charge in [0.05, 0.1) is 13.0 Å². The molecule has 1 saturated heterocycles. The van der Waals surface area contributed by atoms with E-state index < -0.39 is 35.8 Å². The predicted molar refractivity (Wildman–Crippen MR) is 55.7 cm³/mol. The summed E-state index contributed by atoms with van der Waals surface area (Å²) in [6, 6.07) is -1.36. The molecule has 0 aromatic heterocycles. The van der Waals surface area contributed by atoms with Gasteiger partial charge in [-0.1, -0.05) is 0 Å². The zero-order chi connectivity index (χ0) is 13.1. The van der Waals surface area contributed by atoms with Crippen molar-refractivity contribution in [2.75, 3.05) is 13.2 Å². The van der Waals surface area contributed by atoms with E-state index >= 15 is 0 Å². The molecular weight excluding hydrogens is 230 g/mol. The first-order valence-corrected chi connectivity index (χ1v) is 5.04. The van der Waals surface area contributed by atoms with Crippen LogP contribution in [0.3, 0.4) is 0 Å². The quantitative estimate of drug-likeness (QED) is 0.423. The third-order valence-corrected chi connectivity index (χ3v) is 2.51. The fraction of sp³-hybridized carbons (Fsp3) is 0.667. The predicted octanol–water partition coefficient (Wildman–Crippen LogP) is -2.45. The summed E-state index contributed by atoms with van der Waals surface area (Å²) < 4.78 is 4.98. The van der Waals surface area contributed by atoms with Gasteiger partial charge in [0.15, 0.2) is 0 Å². The van der Waals surface area contributed by atoms with Gasteiger partial charge in [0.2, 0.25) is 11.8 Å². The molecule has 1 rings (SSSR count). The van der Waals surface area contributed by atoms with E-state index in [1.807, 2.05) is 0 Å². The summed E-state index contributed by atoms with van der Waals surface area (Å²) in [5, 5.41) is 11.0. The molecule has 1 fully saturated rings. The highest BCUT2D eigenvalue weighted by molar-refractivity contribution is 5.92. The number of hydrogen-bond donors (Lipinski definition) is 4. The number of ether oxygens (including phenoxy) is 1. The average molecular weight is 245 g/mol. The van der Waals surface area contributed by atoms with Crippen molar-refractivity contribution in [3.05, 3.63) is 0 Å². The number of carbonyl (C=O) groups excluding carboxylic acids is 2. The van der Waals surface area contributed by atoms with Crippen LogP contribution in [0.4, 0.5) is 0 Å². The maximum absolute atomic E-state index is 11.7. The molecule has 2 atom stereocenters. The monoisotopic (exact) mass is 245 g/mol. The highest BCUT2D eigenvalue weighted by Gasteiger charge is 2.40. The van der Waals surface area contributed by atoms with Crippen LogP contribution in [0.25, 0.3) is 0 Å². The molecule has 1 aliphatic rings. The lowest BCUT2D eigenvalue weighted by Gasteiger charge is -2.23. The van der Waals surface area contributed by atoms with Crippen LogP contribution < -0.4 is 16.8 Å². The summed E-state index contributed by atoms with van der Waals surface area (Å²) in [4.78, 5) is 33.2. The Morgan fingerprint density at radius 1 is 1.47 bits per heavy atom. The number of nitrogens with one attached hydrogen (secondary N) is 1. The number of amides is 2. The van der Waals surface area contributed by atoms with Crippen molar-refractivity contribution in [1.29, 1.82) is 0 Å². The fourth-order valence-electron chi connectivity index (χ4n) is 1.46. The van der Waals surface area contributed by atoms with Gasteiger partial charge in [-0.15, -0.1) is 0 Å². The van der Waals surface area contributed by atoms with Crippen LogP contribution in [0.5, 0.6) is 0 Å². The van der Waals surface area contributed by atoms with Gasteiger partial charge in [0, 0.05) is 6.61 Å². The lowest BCUT2D eigenvalue weighted by atomic mass is 9.98. The Bertz CT molecular complexity index is 338. The van der Waals surface area contributed by atoms with Gasteiger partial charge < -0.3 is 26.6 Å². The minimum absolute atomic E-state index is 0.0295. The van der Waals surface area contributed by atoms with Gasteiger partial charge in [-0.05, 0) is 6.42 Å². The molecule has 0 bridgehead atoms. The first-order valence-electron chi connectivity index (χ1n) is 5.04. The zero-order valence-corrected chi connectivity index (χ0v) is 9.14. The first kappa shape index (κ1) is 13.4. The van der Waals surface area contributed by atoms with E-state index in [4.69, 9.17) is 21.3 Å². The van der Waals surface area contributed by atoms with E-state index in [1.54, 1.807) is 0 Å². The number of aliphatic carboxylic acids is 1. The molecule has 17 heavy (non-hydrogen) atoms. The maximum Gasteiger partial charge on any atom is 0.326 e. The molecule has 8 nitrogen and oxygen atoms in total. The Kier molecular flexibility index (Phi) is 4.02. The second-order valence-corrected chi connectivity index (χ2v) is 3.99. The number of nitrogens with two attached hydrogens (primary N) is 2. The van der Waals surface area contributed by atoms with Crippen molar-refractivity contribution in [1.82, 2.24) is 5.32 Å². The van der Waals surface area contributed by atoms with Gasteiger partial charge in [-0.3, -0.25) is 9.59 Å². The molecule has 0 aromatic rings. The SMILES string of the molecule is NC(=O)C[C@H](NC(=O)C1(N)CCOC1)C(=O)O. The standard InChI is InChI=1S/C9H15N3O5/c10-6(13)3-5(7(14)15)12-8(16)9(11)1-2-17-4-9/h5H,1-4,11H2,(H2,10,13)(H,12,16)(H,14,15)/t5-,9?/m0/s1. The van der Waals surface area contributed by atoms with Crippen molar-refractivity contribution in [3.63, 3.8) is 0 Å². The summed E-state index contributed by atoms with van der Waals surface area (Å²) in [7, 11) is 0. The lowest BCUT2D eigenvalue weighted by molar-refractivity contribution is -0.144. The third-order valence-electron chi connectivity index (χ3n) is 2.51. The van der Waals surface area contributed by atoms with Crippen LogP contribution in [-0.2, 0) is 19.1 Å². The van der Waals surface area contributed by atoms with Gasteiger partial charge in [-0.2, -0.15) is 0 Å². The first-order chi connectivity index (χ1) is 7.85. The number of carboxylic acids is 1. The van der Waals surface area contributed by atoms with Crippen LogP contribution in [0.1, 0.15) is 12.8 Å². The number of rotatable bonds is 5. The second kappa shape index (κ2) is 5.11. The van der Waals surface area contributed by atoms with E-state index in [1.165, 1.54) is 0 Å². The molecule has 0 aliphatic carbocycles. The smallest absolute Gasteiger partial charge is 0.326 e. The topological polar surface area (TPSA) is 145 Å². The number of carboxylic acid groups (broad SMARTS) is 1. The molecule has 1 unspecified atom stereocenters. The van der Waals surface area contributed by atoms with Gasteiger partial charge >= 0.3 is 5.97 Å². The van der Waals surface area contributed by atoms with Crippen LogP contribution in [0.15, 0.2) is 0 Å². The van der Waals surface area contributed by atoms with Crippen LogP contribution in [0.2, 0.25) is 0 Å². The molecule has 6 N–H and O–H groups in total. The Morgan fingerprint density at radius 3 is 2.53 bits per heavy atom. The van der Waals surface area contributed by atoms with Crippen LogP contribution in [-0.4, -0.2) is 47.7 Å². The Balaban J connectivity index is 2.63. The van der Waals surface area contributed by atoms with Gasteiger partial charge in [0.1, 0.15) is 11.6 Å². The molecule has 2 amide bonds. The van der Waals surface area contributed by atoms with Crippen molar-refractivity contribution in [2.45, 2.75) is 24.4 Å². The molecule has 0 aromatic carbocycles. The zero-order valence-electron chi connectivity index (χ0n) is 9.14. The summed E-state index contributed by atoms with van der Waals surface area (Å²) in [5.74, 6) is -2.80. The molecule has 0 radical (unpaired) electrons. The van der Waals surface area contributed by atoms with Crippen molar-refractivity contribution in [3.8, 4) is 0 Å². The molecule has 0 saturated carbocycles. The van der Waals surface area contributed by atoms with E-state index in [9.17, 15) is 14.4 Å². The second-order valence-electron chi connectivity index (χ2n) is 3.99. The van der Waals surface area contributed by atoms with E-state index in [0.717, 1.165) is 0 Å². The van der Waals surface area contributed by atoms with Crippen LogP contribution in [0, 0.1) is 0 Å². The van der Waals surface area contributed by atoms with E-state index in [2.05, 4.69) is 5.32 Å².